The quantitative estimate of drug-likeness (QED) is 0.687. The van der Waals surface area contributed by atoms with Crippen molar-refractivity contribution in [3.8, 4) is 0 Å². The lowest BCUT2D eigenvalue weighted by Gasteiger charge is -2.31. The van der Waals surface area contributed by atoms with E-state index >= 15 is 0 Å². The zero-order valence-electron chi connectivity index (χ0n) is 10.1. The molecular formula is C12H25NO2. The summed E-state index contributed by atoms with van der Waals surface area (Å²) in [6.45, 7) is 7.29. The molecule has 0 amide bonds. The zero-order valence-corrected chi connectivity index (χ0v) is 10.1. The Hall–Kier alpha value is -0.120. The van der Waals surface area contributed by atoms with Crippen LogP contribution in [0.5, 0.6) is 0 Å². The van der Waals surface area contributed by atoms with Crippen molar-refractivity contribution in [2.75, 3.05) is 26.4 Å². The van der Waals surface area contributed by atoms with Gasteiger partial charge >= 0.3 is 0 Å². The molecule has 3 heteroatoms. The first-order valence-corrected chi connectivity index (χ1v) is 6.13. The molecule has 1 rings (SSSR count). The smallest absolute Gasteiger partial charge is 0.0704 e. The first-order chi connectivity index (χ1) is 7.24. The Labute approximate surface area is 93.3 Å². The van der Waals surface area contributed by atoms with Gasteiger partial charge in [0.1, 0.15) is 0 Å². The maximum atomic E-state index is 5.78. The average Bonchev–Trinajstić information content (AvgIpc) is 2.23. The first kappa shape index (κ1) is 12.9. The van der Waals surface area contributed by atoms with Gasteiger partial charge in [-0.1, -0.05) is 13.8 Å². The second-order valence-corrected chi connectivity index (χ2v) is 4.66. The van der Waals surface area contributed by atoms with Gasteiger partial charge in [0.25, 0.3) is 0 Å². The van der Waals surface area contributed by atoms with Gasteiger partial charge in [0, 0.05) is 6.54 Å². The molecule has 3 unspecified atom stereocenters. The van der Waals surface area contributed by atoms with Gasteiger partial charge < -0.3 is 15.2 Å². The second-order valence-electron chi connectivity index (χ2n) is 4.66. The van der Waals surface area contributed by atoms with Gasteiger partial charge in [-0.25, -0.2) is 0 Å². The average molecular weight is 215 g/mol. The Morgan fingerprint density at radius 2 is 1.87 bits per heavy atom. The van der Waals surface area contributed by atoms with Crippen molar-refractivity contribution < 1.29 is 9.47 Å². The van der Waals surface area contributed by atoms with Gasteiger partial charge in [-0.15, -0.1) is 0 Å². The number of hydrogen-bond donors (Lipinski definition) is 1. The van der Waals surface area contributed by atoms with E-state index in [-0.39, 0.29) is 0 Å². The van der Waals surface area contributed by atoms with Crippen molar-refractivity contribution in [1.82, 2.24) is 0 Å². The van der Waals surface area contributed by atoms with Gasteiger partial charge in [0.2, 0.25) is 0 Å². The number of hydrogen-bond acceptors (Lipinski definition) is 3. The molecule has 1 fully saturated rings. The highest BCUT2D eigenvalue weighted by Crippen LogP contribution is 2.30. The molecule has 1 saturated carbocycles. The lowest BCUT2D eigenvalue weighted by molar-refractivity contribution is -0.0254. The van der Waals surface area contributed by atoms with Crippen LogP contribution >= 0.6 is 0 Å². The summed E-state index contributed by atoms with van der Waals surface area (Å²) >= 11 is 0. The third kappa shape index (κ3) is 4.96. The molecule has 3 atom stereocenters. The van der Waals surface area contributed by atoms with Crippen LogP contribution in [0.25, 0.3) is 0 Å². The van der Waals surface area contributed by atoms with Crippen molar-refractivity contribution in [2.45, 2.75) is 39.2 Å². The summed E-state index contributed by atoms with van der Waals surface area (Å²) in [7, 11) is 0. The van der Waals surface area contributed by atoms with Crippen LogP contribution in [-0.2, 0) is 9.47 Å². The van der Waals surface area contributed by atoms with Crippen LogP contribution in [0.4, 0.5) is 0 Å². The fourth-order valence-electron chi connectivity index (χ4n) is 2.11. The minimum absolute atomic E-state index is 0.456. The van der Waals surface area contributed by atoms with Crippen LogP contribution in [0.1, 0.15) is 33.1 Å². The van der Waals surface area contributed by atoms with Gasteiger partial charge in [0.05, 0.1) is 25.9 Å². The SMILES string of the molecule is CC1CCC(OCCOCCN)CC1C. The Bertz CT molecular complexity index is 164. The Balaban J connectivity index is 2.02. The molecule has 0 saturated heterocycles. The highest BCUT2D eigenvalue weighted by Gasteiger charge is 2.24. The molecule has 0 aromatic heterocycles. The van der Waals surface area contributed by atoms with E-state index in [1.54, 1.807) is 0 Å². The maximum Gasteiger partial charge on any atom is 0.0704 e. The normalized spacial score (nSPS) is 31.8. The molecule has 1 aliphatic rings. The largest absolute Gasteiger partial charge is 0.378 e. The van der Waals surface area contributed by atoms with Crippen LogP contribution < -0.4 is 5.73 Å². The standard InChI is InChI=1S/C12H25NO2/c1-10-3-4-12(9-11(10)2)15-8-7-14-6-5-13/h10-12H,3-9,13H2,1-2H3. The van der Waals surface area contributed by atoms with Crippen LogP contribution in [0.2, 0.25) is 0 Å². The van der Waals surface area contributed by atoms with E-state index in [0.717, 1.165) is 11.8 Å². The van der Waals surface area contributed by atoms with E-state index in [1.807, 2.05) is 0 Å². The molecule has 0 aromatic rings. The van der Waals surface area contributed by atoms with Gasteiger partial charge in [-0.05, 0) is 31.1 Å². The van der Waals surface area contributed by atoms with Crippen molar-refractivity contribution >= 4 is 0 Å². The highest BCUT2D eigenvalue weighted by molar-refractivity contribution is 4.75. The van der Waals surface area contributed by atoms with E-state index in [1.165, 1.54) is 19.3 Å². The predicted octanol–water partition coefficient (Wildman–Crippen LogP) is 1.80. The maximum absolute atomic E-state index is 5.78. The first-order valence-electron chi connectivity index (χ1n) is 6.13. The van der Waals surface area contributed by atoms with Gasteiger partial charge in [-0.2, -0.15) is 0 Å². The van der Waals surface area contributed by atoms with E-state index in [2.05, 4.69) is 13.8 Å². The second kappa shape index (κ2) is 7.20. The van der Waals surface area contributed by atoms with Crippen molar-refractivity contribution in [3.05, 3.63) is 0 Å². The summed E-state index contributed by atoms with van der Waals surface area (Å²) in [5.41, 5.74) is 5.32. The van der Waals surface area contributed by atoms with Gasteiger partial charge in [-0.3, -0.25) is 0 Å². The summed E-state index contributed by atoms with van der Waals surface area (Å²) in [4.78, 5) is 0. The van der Waals surface area contributed by atoms with Crippen molar-refractivity contribution in [3.63, 3.8) is 0 Å². The highest BCUT2D eigenvalue weighted by atomic mass is 16.5. The Kier molecular flexibility index (Phi) is 6.22. The fourth-order valence-corrected chi connectivity index (χ4v) is 2.11. The minimum atomic E-state index is 0.456. The molecule has 3 nitrogen and oxygen atoms in total. The number of nitrogens with two attached hydrogens (primary N) is 1. The molecule has 0 bridgehead atoms. The molecule has 0 radical (unpaired) electrons. The summed E-state index contributed by atoms with van der Waals surface area (Å²) < 4.78 is 11.1. The monoisotopic (exact) mass is 215 g/mol. The minimum Gasteiger partial charge on any atom is -0.378 e. The molecule has 2 N–H and O–H groups in total. The topological polar surface area (TPSA) is 44.5 Å². The van der Waals surface area contributed by atoms with E-state index in [4.69, 9.17) is 15.2 Å². The predicted molar refractivity (Wildman–Crippen MR) is 61.8 cm³/mol. The lowest BCUT2D eigenvalue weighted by atomic mass is 9.80. The van der Waals surface area contributed by atoms with Crippen molar-refractivity contribution in [2.24, 2.45) is 17.6 Å². The summed E-state index contributed by atoms with van der Waals surface area (Å²) in [5, 5.41) is 0. The van der Waals surface area contributed by atoms with Crippen LogP contribution in [0, 0.1) is 11.8 Å². The van der Waals surface area contributed by atoms with E-state index in [0.29, 0.717) is 32.5 Å². The lowest BCUT2D eigenvalue weighted by Crippen LogP contribution is -2.27. The van der Waals surface area contributed by atoms with E-state index in [9.17, 15) is 0 Å². The summed E-state index contributed by atoms with van der Waals surface area (Å²) in [6, 6.07) is 0. The molecule has 90 valence electrons. The molecular weight excluding hydrogens is 190 g/mol. The number of rotatable bonds is 6. The summed E-state index contributed by atoms with van der Waals surface area (Å²) in [5.74, 6) is 1.66. The van der Waals surface area contributed by atoms with E-state index < -0.39 is 0 Å². The molecule has 1 aliphatic carbocycles. The Morgan fingerprint density at radius 3 is 2.53 bits per heavy atom. The third-order valence-electron chi connectivity index (χ3n) is 3.39. The molecule has 0 heterocycles. The third-order valence-corrected chi connectivity index (χ3v) is 3.39. The fraction of sp³-hybridized carbons (Fsp3) is 1.00. The molecule has 0 aromatic carbocycles. The Morgan fingerprint density at radius 1 is 1.07 bits per heavy atom. The van der Waals surface area contributed by atoms with Crippen LogP contribution in [0.3, 0.4) is 0 Å². The molecule has 0 aliphatic heterocycles. The van der Waals surface area contributed by atoms with Crippen molar-refractivity contribution in [1.29, 1.82) is 0 Å². The van der Waals surface area contributed by atoms with Crippen LogP contribution in [0.15, 0.2) is 0 Å². The number of ether oxygens (including phenoxy) is 2. The van der Waals surface area contributed by atoms with Crippen LogP contribution in [-0.4, -0.2) is 32.5 Å². The molecule has 0 spiro atoms. The zero-order chi connectivity index (χ0) is 11.1. The van der Waals surface area contributed by atoms with Gasteiger partial charge in [0.15, 0.2) is 0 Å². The summed E-state index contributed by atoms with van der Waals surface area (Å²) in [6.07, 6.45) is 4.17. The molecule has 15 heavy (non-hydrogen) atoms.